The number of amides is 1. The third-order valence-corrected chi connectivity index (χ3v) is 3.64. The number of hydrogen-bond acceptors (Lipinski definition) is 3. The molecule has 1 N–H and O–H groups in total. The molecule has 0 aliphatic carbocycles. The molecule has 118 valence electrons. The molecule has 0 atom stereocenters. The van der Waals surface area contributed by atoms with E-state index in [-0.39, 0.29) is 12.5 Å². The SMILES string of the molecule is CCc1nn(C)cc1C(=O)N(CCO)CCc1ccccc1. The Morgan fingerprint density at radius 3 is 2.64 bits per heavy atom. The molecule has 2 aromatic rings. The number of hydrogen-bond donors (Lipinski definition) is 1. The third kappa shape index (κ3) is 3.95. The summed E-state index contributed by atoms with van der Waals surface area (Å²) in [6, 6.07) is 10.0. The normalized spacial score (nSPS) is 10.7. The smallest absolute Gasteiger partial charge is 0.257 e. The van der Waals surface area contributed by atoms with Gasteiger partial charge < -0.3 is 10.0 Å². The van der Waals surface area contributed by atoms with E-state index in [1.807, 2.05) is 44.3 Å². The van der Waals surface area contributed by atoms with Crippen LogP contribution in [0.2, 0.25) is 0 Å². The second kappa shape index (κ2) is 7.75. The first kappa shape index (κ1) is 16.2. The molecule has 1 amide bonds. The number of aliphatic hydroxyl groups excluding tert-OH is 1. The van der Waals surface area contributed by atoms with Crippen LogP contribution in [0.25, 0.3) is 0 Å². The van der Waals surface area contributed by atoms with Crippen LogP contribution in [0.3, 0.4) is 0 Å². The van der Waals surface area contributed by atoms with Crippen LogP contribution in [-0.4, -0.2) is 45.4 Å². The third-order valence-electron chi connectivity index (χ3n) is 3.64. The minimum atomic E-state index is -0.0602. The number of rotatable bonds is 7. The van der Waals surface area contributed by atoms with Crippen LogP contribution in [0.15, 0.2) is 36.5 Å². The van der Waals surface area contributed by atoms with E-state index in [9.17, 15) is 9.90 Å². The Labute approximate surface area is 131 Å². The van der Waals surface area contributed by atoms with Gasteiger partial charge >= 0.3 is 0 Å². The molecular weight excluding hydrogens is 278 g/mol. The van der Waals surface area contributed by atoms with Crippen LogP contribution in [0.1, 0.15) is 28.5 Å². The molecule has 0 radical (unpaired) electrons. The van der Waals surface area contributed by atoms with Crippen molar-refractivity contribution >= 4 is 5.91 Å². The van der Waals surface area contributed by atoms with Gasteiger partial charge in [-0.2, -0.15) is 5.10 Å². The molecule has 5 heteroatoms. The summed E-state index contributed by atoms with van der Waals surface area (Å²) in [5.41, 5.74) is 2.61. The predicted octanol–water partition coefficient (Wildman–Crippen LogP) is 1.66. The minimum Gasteiger partial charge on any atom is -0.395 e. The van der Waals surface area contributed by atoms with Gasteiger partial charge in [-0.25, -0.2) is 0 Å². The lowest BCUT2D eigenvalue weighted by atomic mass is 10.1. The van der Waals surface area contributed by atoms with E-state index in [2.05, 4.69) is 5.10 Å². The minimum absolute atomic E-state index is 0.0394. The quantitative estimate of drug-likeness (QED) is 0.846. The van der Waals surface area contributed by atoms with E-state index in [1.165, 1.54) is 5.56 Å². The Morgan fingerprint density at radius 1 is 1.27 bits per heavy atom. The van der Waals surface area contributed by atoms with E-state index in [0.29, 0.717) is 25.1 Å². The fraction of sp³-hybridized carbons (Fsp3) is 0.412. The monoisotopic (exact) mass is 301 g/mol. The van der Waals surface area contributed by atoms with E-state index in [4.69, 9.17) is 0 Å². The summed E-state index contributed by atoms with van der Waals surface area (Å²) in [4.78, 5) is 14.4. The predicted molar refractivity (Wildman–Crippen MR) is 85.7 cm³/mol. The Bertz CT molecular complexity index is 608. The van der Waals surface area contributed by atoms with Crippen LogP contribution in [0.4, 0.5) is 0 Å². The maximum atomic E-state index is 12.7. The molecule has 1 heterocycles. The van der Waals surface area contributed by atoms with Gasteiger partial charge in [0.1, 0.15) is 0 Å². The molecule has 0 saturated carbocycles. The molecule has 0 unspecified atom stereocenters. The fourth-order valence-electron chi connectivity index (χ4n) is 2.49. The van der Waals surface area contributed by atoms with Gasteiger partial charge in [0.2, 0.25) is 0 Å². The highest BCUT2D eigenvalue weighted by molar-refractivity contribution is 5.95. The van der Waals surface area contributed by atoms with Gasteiger partial charge in [0.25, 0.3) is 5.91 Å². The second-order valence-corrected chi connectivity index (χ2v) is 5.27. The highest BCUT2D eigenvalue weighted by Crippen LogP contribution is 2.12. The molecule has 0 bridgehead atoms. The Kier molecular flexibility index (Phi) is 5.72. The zero-order valence-electron chi connectivity index (χ0n) is 13.2. The molecule has 0 aliphatic rings. The summed E-state index contributed by atoms with van der Waals surface area (Å²) in [5, 5.41) is 13.6. The van der Waals surface area contributed by atoms with Gasteiger partial charge in [0.15, 0.2) is 0 Å². The number of nitrogens with zero attached hydrogens (tertiary/aromatic N) is 3. The second-order valence-electron chi connectivity index (χ2n) is 5.27. The molecule has 0 saturated heterocycles. The Morgan fingerprint density at radius 2 is 2.00 bits per heavy atom. The van der Waals surface area contributed by atoms with Gasteiger partial charge in [-0.15, -0.1) is 0 Å². The van der Waals surface area contributed by atoms with Gasteiger partial charge in [0, 0.05) is 26.3 Å². The number of aromatic nitrogens is 2. The van der Waals surface area contributed by atoms with Gasteiger partial charge in [-0.05, 0) is 18.4 Å². The van der Waals surface area contributed by atoms with Crippen molar-refractivity contribution in [1.82, 2.24) is 14.7 Å². The highest BCUT2D eigenvalue weighted by atomic mass is 16.3. The van der Waals surface area contributed by atoms with E-state index in [0.717, 1.165) is 12.1 Å². The topological polar surface area (TPSA) is 58.4 Å². The van der Waals surface area contributed by atoms with Crippen LogP contribution in [0.5, 0.6) is 0 Å². The average Bonchev–Trinajstić information content (AvgIpc) is 2.92. The molecule has 5 nitrogen and oxygen atoms in total. The summed E-state index contributed by atoms with van der Waals surface area (Å²) in [6.45, 7) is 2.87. The molecule has 0 fully saturated rings. The summed E-state index contributed by atoms with van der Waals surface area (Å²) in [6.07, 6.45) is 3.25. The van der Waals surface area contributed by atoms with Crippen LogP contribution >= 0.6 is 0 Å². The van der Waals surface area contributed by atoms with Crippen molar-refractivity contribution in [3.05, 3.63) is 53.3 Å². The molecule has 2 rings (SSSR count). The fourth-order valence-corrected chi connectivity index (χ4v) is 2.49. The Balaban J connectivity index is 2.11. The molecule has 1 aromatic carbocycles. The van der Waals surface area contributed by atoms with Crippen molar-refractivity contribution in [2.45, 2.75) is 19.8 Å². The maximum Gasteiger partial charge on any atom is 0.257 e. The lowest BCUT2D eigenvalue weighted by molar-refractivity contribution is 0.0723. The lowest BCUT2D eigenvalue weighted by Crippen LogP contribution is -2.35. The first-order valence-corrected chi connectivity index (χ1v) is 7.62. The van der Waals surface area contributed by atoms with Crippen molar-refractivity contribution in [1.29, 1.82) is 0 Å². The standard InChI is InChI=1S/C17H23N3O2/c1-3-16-15(13-19(2)18-16)17(22)20(11-12-21)10-9-14-7-5-4-6-8-14/h4-8,13,21H,3,9-12H2,1-2H3. The number of benzene rings is 1. The zero-order valence-corrected chi connectivity index (χ0v) is 13.2. The summed E-state index contributed by atoms with van der Waals surface area (Å²) >= 11 is 0. The van der Waals surface area contributed by atoms with Gasteiger partial charge in [-0.3, -0.25) is 9.48 Å². The number of aryl methyl sites for hydroxylation is 2. The summed E-state index contributed by atoms with van der Waals surface area (Å²) in [7, 11) is 1.82. The molecular formula is C17H23N3O2. The first-order valence-electron chi connectivity index (χ1n) is 7.62. The van der Waals surface area contributed by atoms with Crippen LogP contribution in [0, 0.1) is 0 Å². The van der Waals surface area contributed by atoms with Crippen molar-refractivity contribution in [2.24, 2.45) is 7.05 Å². The molecule has 22 heavy (non-hydrogen) atoms. The lowest BCUT2D eigenvalue weighted by Gasteiger charge is -2.21. The van der Waals surface area contributed by atoms with E-state index in [1.54, 1.807) is 15.8 Å². The molecule has 0 aliphatic heterocycles. The summed E-state index contributed by atoms with van der Waals surface area (Å²) in [5.74, 6) is -0.0602. The average molecular weight is 301 g/mol. The Hall–Kier alpha value is -2.14. The largest absolute Gasteiger partial charge is 0.395 e. The maximum absolute atomic E-state index is 12.7. The van der Waals surface area contributed by atoms with Crippen molar-refractivity contribution in [2.75, 3.05) is 19.7 Å². The van der Waals surface area contributed by atoms with E-state index < -0.39 is 0 Å². The molecule has 1 aromatic heterocycles. The highest BCUT2D eigenvalue weighted by Gasteiger charge is 2.20. The number of carbonyl (C=O) groups excluding carboxylic acids is 1. The van der Waals surface area contributed by atoms with Gasteiger partial charge in [-0.1, -0.05) is 37.3 Å². The zero-order chi connectivity index (χ0) is 15.9. The first-order chi connectivity index (χ1) is 10.7. The van der Waals surface area contributed by atoms with Gasteiger partial charge in [0.05, 0.1) is 17.9 Å². The molecule has 0 spiro atoms. The van der Waals surface area contributed by atoms with Crippen molar-refractivity contribution in [3.63, 3.8) is 0 Å². The van der Waals surface area contributed by atoms with Crippen LogP contribution < -0.4 is 0 Å². The number of carbonyl (C=O) groups is 1. The van der Waals surface area contributed by atoms with Crippen molar-refractivity contribution < 1.29 is 9.90 Å². The summed E-state index contributed by atoms with van der Waals surface area (Å²) < 4.78 is 1.67. The van der Waals surface area contributed by atoms with E-state index >= 15 is 0 Å². The van der Waals surface area contributed by atoms with Crippen LogP contribution in [-0.2, 0) is 19.9 Å². The number of aliphatic hydroxyl groups is 1. The van der Waals surface area contributed by atoms with Crippen molar-refractivity contribution in [3.8, 4) is 0 Å².